The van der Waals surface area contributed by atoms with Crippen molar-refractivity contribution in [1.82, 2.24) is 14.5 Å². The predicted octanol–water partition coefficient (Wildman–Crippen LogP) is 6.88. The lowest BCUT2D eigenvalue weighted by Gasteiger charge is -2.08. The molecule has 36 heavy (non-hydrogen) atoms. The zero-order valence-electron chi connectivity index (χ0n) is 18.8. The monoisotopic (exact) mass is 461 g/mol. The largest absolute Gasteiger partial charge is 0.437 e. The van der Waals surface area contributed by atoms with Gasteiger partial charge in [-0.2, -0.15) is 15.5 Å². The summed E-state index contributed by atoms with van der Waals surface area (Å²) in [5, 5.41) is 22.4. The van der Waals surface area contributed by atoms with E-state index in [1.54, 1.807) is 0 Å². The van der Waals surface area contributed by atoms with Gasteiger partial charge in [0.05, 0.1) is 16.4 Å². The van der Waals surface area contributed by atoms with Crippen molar-refractivity contribution in [2.24, 2.45) is 0 Å². The van der Waals surface area contributed by atoms with Gasteiger partial charge in [-0.05, 0) is 53.6 Å². The minimum atomic E-state index is -0.0846. The van der Waals surface area contributed by atoms with Gasteiger partial charge in [0.15, 0.2) is 5.69 Å². The van der Waals surface area contributed by atoms with E-state index in [-0.39, 0.29) is 17.2 Å². The molecular weight excluding hydrogens is 446 g/mol. The van der Waals surface area contributed by atoms with Crippen molar-refractivity contribution in [3.63, 3.8) is 0 Å². The Kier molecular flexibility index (Phi) is 4.17. The summed E-state index contributed by atoms with van der Waals surface area (Å²) in [5.74, 6) is -0.0846. The fourth-order valence-electron chi connectivity index (χ4n) is 4.99. The normalized spacial score (nSPS) is 11.3. The van der Waals surface area contributed by atoms with Gasteiger partial charge in [-0.3, -0.25) is 0 Å². The first kappa shape index (κ1) is 20.0. The molecule has 0 aliphatic heterocycles. The van der Waals surface area contributed by atoms with Crippen LogP contribution in [0.5, 0.6) is 0 Å². The second kappa shape index (κ2) is 7.53. The molecule has 3 aromatic heterocycles. The summed E-state index contributed by atoms with van der Waals surface area (Å²) in [5.41, 5.74) is 6.39. The first-order chi connectivity index (χ1) is 17.7. The Morgan fingerprint density at radius 3 is 2.19 bits per heavy atom. The number of hydrogen-bond acceptors (Lipinski definition) is 5. The smallest absolute Gasteiger partial charge is 0.236 e. The average Bonchev–Trinajstić information content (AvgIpc) is 3.47. The van der Waals surface area contributed by atoms with Crippen molar-refractivity contribution < 1.29 is 4.42 Å². The van der Waals surface area contributed by atoms with E-state index in [1.165, 1.54) is 5.39 Å². The van der Waals surface area contributed by atoms with Crippen molar-refractivity contribution in [3.8, 4) is 29.0 Å². The van der Waals surface area contributed by atoms with Gasteiger partial charge in [-0.25, -0.2) is 4.98 Å². The van der Waals surface area contributed by atoms with Gasteiger partial charge >= 0.3 is 0 Å². The number of furan rings is 1. The van der Waals surface area contributed by atoms with Crippen molar-refractivity contribution in [3.05, 3.63) is 103 Å². The number of hydrogen-bond donors (Lipinski definition) is 0. The maximum absolute atomic E-state index is 9.64. The van der Waals surface area contributed by atoms with Crippen LogP contribution >= 0.6 is 0 Å². The highest BCUT2D eigenvalue weighted by molar-refractivity contribution is 6.11. The average molecular weight is 461 g/mol. The molecule has 0 aliphatic rings. The molecule has 0 unspecified atom stereocenters. The molecule has 0 amide bonds. The summed E-state index contributed by atoms with van der Waals surface area (Å²) in [7, 11) is 0. The summed E-state index contributed by atoms with van der Waals surface area (Å²) in [4.78, 5) is 8.23. The van der Waals surface area contributed by atoms with Crippen LogP contribution in [0.25, 0.3) is 60.7 Å². The van der Waals surface area contributed by atoms with Crippen molar-refractivity contribution in [2.45, 2.75) is 0 Å². The van der Waals surface area contributed by atoms with E-state index in [9.17, 15) is 10.5 Å². The Morgan fingerprint density at radius 1 is 0.667 bits per heavy atom. The summed E-state index contributed by atoms with van der Waals surface area (Å²) in [6.07, 6.45) is 0. The molecule has 0 aliphatic carbocycles. The topological polar surface area (TPSA) is 91.4 Å². The van der Waals surface area contributed by atoms with Gasteiger partial charge in [-0.1, -0.05) is 48.5 Å². The molecule has 7 aromatic rings. The maximum Gasteiger partial charge on any atom is 0.236 e. The third-order valence-electron chi connectivity index (χ3n) is 6.56. The lowest BCUT2D eigenvalue weighted by Crippen LogP contribution is -1.93. The first-order valence-electron chi connectivity index (χ1n) is 11.4. The second-order valence-electron chi connectivity index (χ2n) is 8.53. The van der Waals surface area contributed by atoms with E-state index >= 15 is 0 Å². The fourth-order valence-corrected chi connectivity index (χ4v) is 4.99. The van der Waals surface area contributed by atoms with Crippen molar-refractivity contribution in [1.29, 1.82) is 10.5 Å². The molecule has 0 fully saturated rings. The van der Waals surface area contributed by atoms with Crippen LogP contribution < -0.4 is 0 Å². The molecule has 6 heteroatoms. The molecule has 0 atom stereocenters. The van der Waals surface area contributed by atoms with Crippen molar-refractivity contribution in [2.75, 3.05) is 0 Å². The number of benzene rings is 4. The van der Waals surface area contributed by atoms with Crippen LogP contribution in [-0.4, -0.2) is 14.5 Å². The molecule has 0 N–H and O–H groups in total. The van der Waals surface area contributed by atoms with E-state index in [1.807, 2.05) is 42.5 Å². The van der Waals surface area contributed by atoms with Crippen LogP contribution in [0.15, 0.2) is 95.4 Å². The second-order valence-corrected chi connectivity index (χ2v) is 8.53. The summed E-state index contributed by atoms with van der Waals surface area (Å²) >= 11 is 0. The number of fused-ring (bicyclic) bond motifs is 6. The Balaban J connectivity index is 1.47. The zero-order chi connectivity index (χ0) is 24.2. The minimum absolute atomic E-state index is 0.0846. The number of nitrogens with zero attached hydrogens (tertiary/aromatic N) is 5. The van der Waals surface area contributed by atoms with E-state index in [0.717, 1.165) is 38.6 Å². The number of rotatable bonds is 2. The van der Waals surface area contributed by atoms with Crippen LogP contribution in [0.4, 0.5) is 0 Å². The molecule has 0 saturated heterocycles. The highest BCUT2D eigenvalue weighted by atomic mass is 16.3. The van der Waals surface area contributed by atoms with Crippen LogP contribution in [0.3, 0.4) is 0 Å². The third-order valence-corrected chi connectivity index (χ3v) is 6.56. The summed E-state index contributed by atoms with van der Waals surface area (Å²) < 4.78 is 8.13. The molecule has 166 valence electrons. The molecule has 0 radical (unpaired) electrons. The standard InChI is InChI=1S/C30H15N5O/c31-16-24-29-23-15-19(11-13-27(23)36-30(29)34-28(17-32)33-24)18-10-12-26-22(14-18)21-8-4-5-9-25(21)35(26)20-6-2-1-3-7-20/h1-15H. The lowest BCUT2D eigenvalue weighted by molar-refractivity contribution is 0.651. The lowest BCUT2D eigenvalue weighted by atomic mass is 10.0. The Labute approximate surface area is 204 Å². The number of nitriles is 2. The zero-order valence-corrected chi connectivity index (χ0v) is 18.8. The summed E-state index contributed by atoms with van der Waals surface area (Å²) in [6.45, 7) is 0. The van der Waals surface area contributed by atoms with Crippen LogP contribution in [0.1, 0.15) is 11.5 Å². The fraction of sp³-hybridized carbons (Fsp3) is 0. The van der Waals surface area contributed by atoms with Gasteiger partial charge in [0.2, 0.25) is 11.5 Å². The maximum atomic E-state index is 9.64. The van der Waals surface area contributed by atoms with Gasteiger partial charge < -0.3 is 8.98 Å². The molecule has 4 aromatic carbocycles. The first-order valence-corrected chi connectivity index (χ1v) is 11.4. The van der Waals surface area contributed by atoms with Crippen LogP contribution in [0.2, 0.25) is 0 Å². The summed E-state index contributed by atoms with van der Waals surface area (Å²) in [6, 6.07) is 35.1. The van der Waals surface area contributed by atoms with E-state index in [0.29, 0.717) is 11.0 Å². The van der Waals surface area contributed by atoms with Crippen LogP contribution in [-0.2, 0) is 0 Å². The Bertz CT molecular complexity index is 2070. The number of aromatic nitrogens is 3. The highest BCUT2D eigenvalue weighted by Crippen LogP contribution is 2.37. The van der Waals surface area contributed by atoms with Gasteiger partial charge in [0.1, 0.15) is 17.7 Å². The van der Waals surface area contributed by atoms with Gasteiger partial charge in [0, 0.05) is 21.8 Å². The predicted molar refractivity (Wildman–Crippen MR) is 139 cm³/mol. The molecule has 7 rings (SSSR count). The molecular formula is C30H15N5O. The third kappa shape index (κ3) is 2.82. The molecule has 0 saturated carbocycles. The van der Waals surface area contributed by atoms with E-state index in [4.69, 9.17) is 4.42 Å². The van der Waals surface area contributed by atoms with E-state index in [2.05, 4.69) is 75.2 Å². The quantitative estimate of drug-likeness (QED) is 0.280. The highest BCUT2D eigenvalue weighted by Gasteiger charge is 2.17. The minimum Gasteiger partial charge on any atom is -0.437 e. The molecule has 6 nitrogen and oxygen atoms in total. The number of para-hydroxylation sites is 2. The van der Waals surface area contributed by atoms with E-state index < -0.39 is 0 Å². The van der Waals surface area contributed by atoms with Crippen molar-refractivity contribution >= 4 is 43.9 Å². The van der Waals surface area contributed by atoms with Crippen LogP contribution in [0, 0.1) is 22.7 Å². The SMILES string of the molecule is N#Cc1nc(C#N)c2c(n1)oc1ccc(-c3ccc4c(c3)c3ccccc3n4-c3ccccc3)cc12. The molecule has 3 heterocycles. The Morgan fingerprint density at radius 2 is 1.39 bits per heavy atom. The van der Waals surface area contributed by atoms with Gasteiger partial charge in [-0.15, -0.1) is 0 Å². The Hall–Kier alpha value is -5.46. The molecule has 0 bridgehead atoms. The van der Waals surface area contributed by atoms with Gasteiger partial charge in [0.25, 0.3) is 0 Å². The molecule has 0 spiro atoms.